The van der Waals surface area contributed by atoms with Crippen molar-refractivity contribution in [2.45, 2.75) is 0 Å². The molecular formula is C12H11NO6. The number of pyridine rings is 1. The molecule has 0 atom stereocenters. The van der Waals surface area contributed by atoms with Gasteiger partial charge in [-0.25, -0.2) is 4.79 Å². The first-order valence-corrected chi connectivity index (χ1v) is 5.21. The van der Waals surface area contributed by atoms with Crippen molar-refractivity contribution in [1.29, 1.82) is 0 Å². The molecule has 0 amide bonds. The van der Waals surface area contributed by atoms with Crippen molar-refractivity contribution in [3.05, 3.63) is 18.3 Å². The van der Waals surface area contributed by atoms with Gasteiger partial charge in [0.05, 0.1) is 25.9 Å². The van der Waals surface area contributed by atoms with Crippen molar-refractivity contribution in [2.24, 2.45) is 0 Å². The predicted molar refractivity (Wildman–Crippen MR) is 65.2 cm³/mol. The summed E-state index contributed by atoms with van der Waals surface area (Å²) in [7, 11) is 2.93. The van der Waals surface area contributed by atoms with Crippen molar-refractivity contribution in [1.82, 2.24) is 4.98 Å². The lowest BCUT2D eigenvalue weighted by atomic mass is 10.1. The van der Waals surface area contributed by atoms with E-state index >= 15 is 0 Å². The number of benzene rings is 1. The van der Waals surface area contributed by atoms with E-state index in [4.69, 9.17) is 14.6 Å². The van der Waals surface area contributed by atoms with E-state index in [1.165, 1.54) is 20.3 Å². The molecule has 100 valence electrons. The minimum atomic E-state index is -1.53. The molecule has 0 spiro atoms. The number of carbonyl (C=O) groups is 1. The Bertz CT molecular complexity index is 640. The summed E-state index contributed by atoms with van der Waals surface area (Å²) in [4.78, 5) is 14.5. The van der Waals surface area contributed by atoms with Crippen molar-refractivity contribution in [2.75, 3.05) is 14.2 Å². The normalized spacial score (nSPS) is 10.2. The lowest BCUT2D eigenvalue weighted by molar-refractivity contribution is 0.143. The second-order valence-electron chi connectivity index (χ2n) is 3.56. The van der Waals surface area contributed by atoms with Gasteiger partial charge in [0.25, 0.3) is 0 Å². The third-order valence-electron chi connectivity index (χ3n) is 2.51. The molecule has 1 aromatic heterocycles. The number of aromatic nitrogens is 1. The maximum Gasteiger partial charge on any atom is 0.511 e. The summed E-state index contributed by atoms with van der Waals surface area (Å²) >= 11 is 0. The number of methoxy groups -OCH3 is 2. The molecule has 7 heteroatoms. The molecule has 0 aliphatic rings. The van der Waals surface area contributed by atoms with Gasteiger partial charge in [-0.3, -0.25) is 4.98 Å². The summed E-state index contributed by atoms with van der Waals surface area (Å²) in [5.74, 6) is 0.272. The van der Waals surface area contributed by atoms with Crippen LogP contribution in [0.15, 0.2) is 18.3 Å². The van der Waals surface area contributed by atoms with Gasteiger partial charge in [-0.1, -0.05) is 0 Å². The minimum absolute atomic E-state index is 0.243. The maximum atomic E-state index is 10.5. The molecule has 1 heterocycles. The SMILES string of the molecule is COc1cc2ncc(OC(=O)O)c(O)c2cc1OC. The van der Waals surface area contributed by atoms with E-state index in [0.717, 1.165) is 6.20 Å². The van der Waals surface area contributed by atoms with Crippen LogP contribution >= 0.6 is 0 Å². The van der Waals surface area contributed by atoms with Crippen molar-refractivity contribution < 1.29 is 29.2 Å². The van der Waals surface area contributed by atoms with Crippen molar-refractivity contribution in [3.63, 3.8) is 0 Å². The third-order valence-corrected chi connectivity index (χ3v) is 2.51. The lowest BCUT2D eigenvalue weighted by Crippen LogP contribution is -2.03. The lowest BCUT2D eigenvalue weighted by Gasteiger charge is -2.10. The number of fused-ring (bicyclic) bond motifs is 1. The molecule has 0 fully saturated rings. The number of rotatable bonds is 3. The number of nitrogens with zero attached hydrogens (tertiary/aromatic N) is 1. The zero-order valence-electron chi connectivity index (χ0n) is 10.2. The minimum Gasteiger partial charge on any atom is -0.504 e. The first-order chi connectivity index (χ1) is 9.06. The Hall–Kier alpha value is -2.70. The fraction of sp³-hybridized carbons (Fsp3) is 0.167. The maximum absolute atomic E-state index is 10.5. The van der Waals surface area contributed by atoms with Crippen LogP contribution in [-0.2, 0) is 0 Å². The van der Waals surface area contributed by atoms with E-state index in [1.54, 1.807) is 6.07 Å². The van der Waals surface area contributed by atoms with Gasteiger partial charge >= 0.3 is 6.16 Å². The van der Waals surface area contributed by atoms with Gasteiger partial charge in [-0.15, -0.1) is 0 Å². The van der Waals surface area contributed by atoms with Crippen LogP contribution < -0.4 is 14.2 Å². The van der Waals surface area contributed by atoms with Crippen LogP contribution in [0.5, 0.6) is 23.0 Å². The molecular weight excluding hydrogens is 254 g/mol. The largest absolute Gasteiger partial charge is 0.511 e. The molecule has 0 saturated heterocycles. The molecule has 2 aromatic rings. The second kappa shape index (κ2) is 4.89. The van der Waals surface area contributed by atoms with Crippen LogP contribution in [0, 0.1) is 0 Å². The van der Waals surface area contributed by atoms with Gasteiger partial charge in [-0.2, -0.15) is 0 Å². The van der Waals surface area contributed by atoms with Gasteiger partial charge < -0.3 is 24.4 Å². The van der Waals surface area contributed by atoms with Gasteiger partial charge in [0.15, 0.2) is 23.0 Å². The van der Waals surface area contributed by atoms with E-state index < -0.39 is 6.16 Å². The summed E-state index contributed by atoms with van der Waals surface area (Å²) < 4.78 is 14.6. The summed E-state index contributed by atoms with van der Waals surface area (Å²) in [6, 6.07) is 3.06. The first kappa shape index (κ1) is 12.7. The quantitative estimate of drug-likeness (QED) is 0.819. The molecule has 0 radical (unpaired) electrons. The average Bonchev–Trinajstić information content (AvgIpc) is 2.40. The Morgan fingerprint density at radius 3 is 2.37 bits per heavy atom. The number of hydrogen-bond donors (Lipinski definition) is 2. The molecule has 0 aliphatic carbocycles. The van der Waals surface area contributed by atoms with Gasteiger partial charge in [0.1, 0.15) is 0 Å². The monoisotopic (exact) mass is 265 g/mol. The van der Waals surface area contributed by atoms with Crippen molar-refractivity contribution in [3.8, 4) is 23.0 Å². The smallest absolute Gasteiger partial charge is 0.504 e. The summed E-state index contributed by atoms with van der Waals surface area (Å²) in [6.45, 7) is 0. The van der Waals surface area contributed by atoms with E-state index in [1.807, 2.05) is 0 Å². The Kier molecular flexibility index (Phi) is 3.28. The number of carboxylic acid groups (broad SMARTS) is 1. The third kappa shape index (κ3) is 2.30. The molecule has 0 bridgehead atoms. The van der Waals surface area contributed by atoms with Gasteiger partial charge in [-0.05, 0) is 6.07 Å². The van der Waals surface area contributed by atoms with E-state index in [2.05, 4.69) is 9.72 Å². The van der Waals surface area contributed by atoms with Crippen LogP contribution in [0.1, 0.15) is 0 Å². The molecule has 2 N–H and O–H groups in total. The van der Waals surface area contributed by atoms with Crippen LogP contribution in [0.4, 0.5) is 4.79 Å². The highest BCUT2D eigenvalue weighted by Crippen LogP contribution is 2.39. The van der Waals surface area contributed by atoms with E-state index in [9.17, 15) is 9.90 Å². The first-order valence-electron chi connectivity index (χ1n) is 5.21. The highest BCUT2D eigenvalue weighted by Gasteiger charge is 2.15. The fourth-order valence-electron chi connectivity index (χ4n) is 1.66. The van der Waals surface area contributed by atoms with Crippen molar-refractivity contribution >= 4 is 17.1 Å². The zero-order valence-corrected chi connectivity index (χ0v) is 10.2. The number of aromatic hydroxyl groups is 1. The Morgan fingerprint density at radius 2 is 1.79 bits per heavy atom. The Labute approximate surface area is 108 Å². The standard InChI is InChI=1S/C12H11NO6/c1-17-8-3-6-7(4-9(8)18-2)13-5-10(11(6)14)19-12(15)16/h3-5H,1-2H3,(H,13,14)(H,15,16). The number of hydrogen-bond acceptors (Lipinski definition) is 6. The average molecular weight is 265 g/mol. The second-order valence-corrected chi connectivity index (χ2v) is 3.56. The molecule has 0 unspecified atom stereocenters. The summed E-state index contributed by atoms with van der Waals surface area (Å²) in [6.07, 6.45) is -0.408. The van der Waals surface area contributed by atoms with E-state index in [-0.39, 0.29) is 11.5 Å². The summed E-state index contributed by atoms with van der Waals surface area (Å²) in [5, 5.41) is 18.8. The predicted octanol–water partition coefficient (Wildman–Crippen LogP) is 2.01. The Morgan fingerprint density at radius 1 is 1.16 bits per heavy atom. The fourth-order valence-corrected chi connectivity index (χ4v) is 1.66. The number of ether oxygens (including phenoxy) is 3. The van der Waals surface area contributed by atoms with Gasteiger partial charge in [0.2, 0.25) is 0 Å². The Balaban J connectivity index is 2.64. The van der Waals surface area contributed by atoms with E-state index in [0.29, 0.717) is 22.4 Å². The molecule has 19 heavy (non-hydrogen) atoms. The highest BCUT2D eigenvalue weighted by atomic mass is 16.7. The van der Waals surface area contributed by atoms with Crippen LogP contribution in [-0.4, -0.2) is 35.6 Å². The topological polar surface area (TPSA) is 98.1 Å². The van der Waals surface area contributed by atoms with Gasteiger partial charge in [0, 0.05) is 11.5 Å². The van der Waals surface area contributed by atoms with Crippen LogP contribution in [0.25, 0.3) is 10.9 Å². The molecule has 1 aromatic carbocycles. The molecule has 2 rings (SSSR count). The molecule has 7 nitrogen and oxygen atoms in total. The summed E-state index contributed by atoms with van der Waals surface area (Å²) in [5.41, 5.74) is 0.424. The van der Waals surface area contributed by atoms with Crippen LogP contribution in [0.2, 0.25) is 0 Å². The molecule has 0 saturated carbocycles. The zero-order chi connectivity index (χ0) is 14.0. The van der Waals surface area contributed by atoms with Crippen LogP contribution in [0.3, 0.4) is 0 Å². The highest BCUT2D eigenvalue weighted by molar-refractivity contribution is 5.90. The molecule has 0 aliphatic heterocycles.